The molecule has 0 saturated heterocycles. The van der Waals surface area contributed by atoms with Crippen LogP contribution in [-0.4, -0.2) is 22.2 Å². The van der Waals surface area contributed by atoms with E-state index >= 15 is 0 Å². The minimum Gasteiger partial charge on any atom is -0.478 e. The third-order valence-electron chi connectivity index (χ3n) is 1.44. The molecule has 0 aliphatic heterocycles. The molecular weight excluding hydrogens is 200 g/mol. The summed E-state index contributed by atoms with van der Waals surface area (Å²) in [6.07, 6.45) is 0.495. The topological polar surface area (TPSA) is 83.8 Å². The molecule has 78 valence electrons. The van der Waals surface area contributed by atoms with Crippen molar-refractivity contribution in [3.8, 4) is 5.75 Å². The van der Waals surface area contributed by atoms with Crippen molar-refractivity contribution in [3.05, 3.63) is 42.2 Å². The zero-order chi connectivity index (χ0) is 11.3. The molecule has 0 unspecified atom stereocenters. The van der Waals surface area contributed by atoms with Crippen LogP contribution in [0.3, 0.4) is 0 Å². The molecule has 0 aliphatic rings. The van der Waals surface area contributed by atoms with E-state index in [1.165, 1.54) is 12.1 Å². The largest absolute Gasteiger partial charge is 0.478 e. The fourth-order valence-corrected chi connectivity index (χ4v) is 0.863. The number of benzene rings is 1. The first kappa shape index (κ1) is 10.8. The minimum absolute atomic E-state index is 0.271. The second-order valence-electron chi connectivity index (χ2n) is 2.57. The number of carbonyl (C=O) groups is 2. The predicted molar refractivity (Wildman–Crippen MR) is 50.4 cm³/mol. The molecule has 0 bridgehead atoms. The summed E-state index contributed by atoms with van der Waals surface area (Å²) in [4.78, 5) is 20.9. The lowest BCUT2D eigenvalue weighted by Gasteiger charge is -2.04. The van der Waals surface area contributed by atoms with Crippen molar-refractivity contribution in [2.45, 2.75) is 0 Å². The molecule has 0 amide bonds. The summed E-state index contributed by atoms with van der Waals surface area (Å²) in [6.45, 7) is 0. The first-order valence-electron chi connectivity index (χ1n) is 4.00. The van der Waals surface area contributed by atoms with Crippen LogP contribution in [0.4, 0.5) is 0 Å². The van der Waals surface area contributed by atoms with E-state index in [2.05, 4.69) is 0 Å². The van der Waals surface area contributed by atoms with Crippen LogP contribution in [0.1, 0.15) is 0 Å². The van der Waals surface area contributed by atoms with E-state index in [1.807, 2.05) is 0 Å². The van der Waals surface area contributed by atoms with Crippen LogP contribution in [0.2, 0.25) is 0 Å². The van der Waals surface area contributed by atoms with Gasteiger partial charge in [-0.15, -0.1) is 0 Å². The third-order valence-corrected chi connectivity index (χ3v) is 1.44. The molecule has 0 aliphatic carbocycles. The van der Waals surface area contributed by atoms with Crippen molar-refractivity contribution in [2.75, 3.05) is 0 Å². The lowest BCUT2D eigenvalue weighted by atomic mass is 10.3. The van der Waals surface area contributed by atoms with E-state index in [9.17, 15) is 9.59 Å². The van der Waals surface area contributed by atoms with Crippen molar-refractivity contribution in [1.29, 1.82) is 0 Å². The van der Waals surface area contributed by atoms with E-state index in [0.717, 1.165) is 0 Å². The molecular formula is C10H8O5. The van der Waals surface area contributed by atoms with Crippen molar-refractivity contribution < 1.29 is 24.5 Å². The molecule has 0 aromatic heterocycles. The molecule has 0 saturated carbocycles. The van der Waals surface area contributed by atoms with Gasteiger partial charge in [0.1, 0.15) is 5.75 Å². The van der Waals surface area contributed by atoms with Crippen LogP contribution in [0.5, 0.6) is 5.75 Å². The Morgan fingerprint density at radius 3 is 2.20 bits per heavy atom. The van der Waals surface area contributed by atoms with Gasteiger partial charge in [0.15, 0.2) is 0 Å². The minimum atomic E-state index is -1.43. The van der Waals surface area contributed by atoms with Gasteiger partial charge in [0.25, 0.3) is 0 Å². The lowest BCUT2D eigenvalue weighted by molar-refractivity contribution is -0.137. The number of hydrogen-bond acceptors (Lipinski definition) is 3. The van der Waals surface area contributed by atoms with E-state index in [0.29, 0.717) is 6.08 Å². The Hall–Kier alpha value is -2.30. The van der Waals surface area contributed by atoms with E-state index in [4.69, 9.17) is 14.9 Å². The quantitative estimate of drug-likeness (QED) is 0.572. The Bertz CT molecular complexity index is 394. The van der Waals surface area contributed by atoms with Crippen molar-refractivity contribution in [2.24, 2.45) is 0 Å². The first-order valence-corrected chi connectivity index (χ1v) is 4.00. The second-order valence-corrected chi connectivity index (χ2v) is 2.57. The summed E-state index contributed by atoms with van der Waals surface area (Å²) >= 11 is 0. The molecule has 0 spiro atoms. The van der Waals surface area contributed by atoms with Crippen LogP contribution in [-0.2, 0) is 9.59 Å². The summed E-state index contributed by atoms with van der Waals surface area (Å²) in [5, 5.41) is 17.0. The van der Waals surface area contributed by atoms with Crippen LogP contribution in [0, 0.1) is 0 Å². The zero-order valence-corrected chi connectivity index (χ0v) is 7.58. The SMILES string of the molecule is O=C(O)/C=C(\Oc1ccccc1)C(=O)O. The highest BCUT2D eigenvalue weighted by molar-refractivity contribution is 5.93. The summed E-state index contributed by atoms with van der Waals surface area (Å²) < 4.78 is 4.87. The van der Waals surface area contributed by atoms with Gasteiger partial charge in [-0.05, 0) is 12.1 Å². The normalized spacial score (nSPS) is 10.8. The van der Waals surface area contributed by atoms with E-state index in [-0.39, 0.29) is 5.75 Å². The fraction of sp³-hybridized carbons (Fsp3) is 0. The maximum atomic E-state index is 10.6. The molecule has 1 rings (SSSR count). The number of para-hydroxylation sites is 1. The molecule has 0 radical (unpaired) electrons. The van der Waals surface area contributed by atoms with E-state index < -0.39 is 17.7 Å². The Morgan fingerprint density at radius 2 is 1.73 bits per heavy atom. The Labute approximate surface area is 85.2 Å². The number of carboxylic acid groups (broad SMARTS) is 2. The van der Waals surface area contributed by atoms with Gasteiger partial charge in [0, 0.05) is 0 Å². The molecule has 0 fully saturated rings. The first-order chi connectivity index (χ1) is 7.09. The monoisotopic (exact) mass is 208 g/mol. The van der Waals surface area contributed by atoms with Crippen LogP contribution in [0.15, 0.2) is 42.2 Å². The van der Waals surface area contributed by atoms with Gasteiger partial charge in [-0.1, -0.05) is 18.2 Å². The molecule has 1 aromatic carbocycles. The zero-order valence-electron chi connectivity index (χ0n) is 7.58. The van der Waals surface area contributed by atoms with Crippen molar-refractivity contribution in [3.63, 3.8) is 0 Å². The summed E-state index contributed by atoms with van der Waals surface area (Å²) in [6, 6.07) is 8.08. The van der Waals surface area contributed by atoms with Gasteiger partial charge >= 0.3 is 11.9 Å². The highest BCUT2D eigenvalue weighted by Gasteiger charge is 2.11. The Kier molecular flexibility index (Phi) is 3.45. The molecule has 15 heavy (non-hydrogen) atoms. The fourth-order valence-electron chi connectivity index (χ4n) is 0.863. The number of carboxylic acids is 2. The van der Waals surface area contributed by atoms with Crippen LogP contribution in [0.25, 0.3) is 0 Å². The lowest BCUT2D eigenvalue weighted by Crippen LogP contribution is -2.10. The maximum Gasteiger partial charge on any atom is 0.372 e. The molecule has 1 aromatic rings. The average molecular weight is 208 g/mol. The van der Waals surface area contributed by atoms with Gasteiger partial charge in [0.2, 0.25) is 5.76 Å². The molecule has 5 heteroatoms. The smallest absolute Gasteiger partial charge is 0.372 e. The standard InChI is InChI=1S/C10H8O5/c11-9(12)6-8(10(13)14)15-7-4-2-1-3-5-7/h1-6H,(H,11,12)(H,13,14)/b8-6-. The molecule has 0 atom stereocenters. The van der Waals surface area contributed by atoms with Gasteiger partial charge in [-0.25, -0.2) is 9.59 Å². The Morgan fingerprint density at radius 1 is 1.13 bits per heavy atom. The predicted octanol–water partition coefficient (Wildman–Crippen LogP) is 1.12. The van der Waals surface area contributed by atoms with Crippen molar-refractivity contribution >= 4 is 11.9 Å². The Balaban J connectivity index is 2.86. The number of rotatable bonds is 4. The molecule has 5 nitrogen and oxygen atoms in total. The third kappa shape index (κ3) is 3.51. The highest BCUT2D eigenvalue weighted by Crippen LogP contribution is 2.12. The van der Waals surface area contributed by atoms with Gasteiger partial charge in [0.05, 0.1) is 6.08 Å². The van der Waals surface area contributed by atoms with E-state index in [1.54, 1.807) is 18.2 Å². The number of ether oxygens (including phenoxy) is 1. The highest BCUT2D eigenvalue weighted by atomic mass is 16.5. The summed E-state index contributed by atoms with van der Waals surface area (Å²) in [7, 11) is 0. The van der Waals surface area contributed by atoms with Gasteiger partial charge in [-0.2, -0.15) is 0 Å². The van der Waals surface area contributed by atoms with Gasteiger partial charge < -0.3 is 14.9 Å². The number of hydrogen-bond donors (Lipinski definition) is 2. The average Bonchev–Trinajstić information content (AvgIpc) is 2.17. The summed E-state index contributed by atoms with van der Waals surface area (Å²) in [5.74, 6) is -3.16. The van der Waals surface area contributed by atoms with Crippen LogP contribution >= 0.6 is 0 Å². The second kappa shape index (κ2) is 4.80. The maximum absolute atomic E-state index is 10.6. The number of aliphatic carboxylic acids is 2. The van der Waals surface area contributed by atoms with Crippen LogP contribution < -0.4 is 4.74 Å². The van der Waals surface area contributed by atoms with Crippen molar-refractivity contribution in [1.82, 2.24) is 0 Å². The van der Waals surface area contributed by atoms with Gasteiger partial charge in [-0.3, -0.25) is 0 Å². The molecule has 0 heterocycles. The molecule has 2 N–H and O–H groups in total. The summed E-state index contributed by atoms with van der Waals surface area (Å²) in [5.41, 5.74) is 0.